The first-order chi connectivity index (χ1) is 6.66. The molecule has 0 amide bonds. The third-order valence-electron chi connectivity index (χ3n) is 2.15. The number of nitrogens with zero attached hydrogens (tertiary/aromatic N) is 2. The van der Waals surface area contributed by atoms with E-state index in [0.29, 0.717) is 5.02 Å². The molecule has 0 saturated carbocycles. The van der Waals surface area contributed by atoms with Gasteiger partial charge >= 0.3 is 0 Å². The molecule has 74 valence electrons. The number of rotatable bonds is 1. The zero-order chi connectivity index (χ0) is 10.1. The Morgan fingerprint density at radius 3 is 2.93 bits per heavy atom. The highest BCUT2D eigenvalue weighted by Gasteiger charge is 2.18. The van der Waals surface area contributed by atoms with Crippen molar-refractivity contribution >= 4 is 23.2 Å². The Balaban J connectivity index is 2.38. The number of anilines is 1. The molecular formula is C9H11ClN4. The molecular weight excluding hydrogens is 200 g/mol. The summed E-state index contributed by atoms with van der Waals surface area (Å²) in [6, 6.07) is 5.75. The maximum Gasteiger partial charge on any atom is 0.209 e. The van der Waals surface area contributed by atoms with E-state index in [1.807, 2.05) is 18.2 Å². The molecule has 1 aromatic carbocycles. The van der Waals surface area contributed by atoms with Crippen molar-refractivity contribution in [2.45, 2.75) is 6.42 Å². The molecule has 0 radical (unpaired) electrons. The van der Waals surface area contributed by atoms with Gasteiger partial charge in [-0.3, -0.25) is 5.01 Å². The maximum absolute atomic E-state index is 5.89. The lowest BCUT2D eigenvalue weighted by atomic mass is 10.2. The average Bonchev–Trinajstić information content (AvgIpc) is 2.47. The fourth-order valence-electron chi connectivity index (χ4n) is 1.58. The van der Waals surface area contributed by atoms with E-state index in [1.54, 1.807) is 5.01 Å². The van der Waals surface area contributed by atoms with Gasteiger partial charge in [0.1, 0.15) is 0 Å². The first-order valence-corrected chi connectivity index (χ1v) is 4.70. The minimum atomic E-state index is 0.0674. The van der Waals surface area contributed by atoms with Crippen LogP contribution in [-0.4, -0.2) is 12.5 Å². The first-order valence-electron chi connectivity index (χ1n) is 4.32. The number of nitrogens with two attached hydrogens (primary N) is 2. The number of hydrazone groups is 1. The molecule has 1 aliphatic rings. The smallest absolute Gasteiger partial charge is 0.209 e. The third-order valence-corrected chi connectivity index (χ3v) is 2.39. The topological polar surface area (TPSA) is 67.6 Å². The molecule has 0 bridgehead atoms. The van der Waals surface area contributed by atoms with E-state index in [-0.39, 0.29) is 5.96 Å². The van der Waals surface area contributed by atoms with E-state index in [9.17, 15) is 0 Å². The van der Waals surface area contributed by atoms with Gasteiger partial charge in [0.15, 0.2) is 0 Å². The third kappa shape index (κ3) is 1.61. The summed E-state index contributed by atoms with van der Waals surface area (Å²) in [4.78, 5) is 0. The molecule has 1 heterocycles. The first kappa shape index (κ1) is 9.15. The van der Waals surface area contributed by atoms with Gasteiger partial charge in [0, 0.05) is 11.6 Å². The number of fused-ring (bicyclic) bond motifs is 1. The highest BCUT2D eigenvalue weighted by atomic mass is 35.5. The molecule has 1 aromatic rings. The van der Waals surface area contributed by atoms with Crippen molar-refractivity contribution in [2.24, 2.45) is 16.6 Å². The standard InChI is InChI=1S/C9H11ClN4/c10-7-2-1-6-3-4-14(8(6)5-7)13-9(11)12/h1-2,5H,3-4H2,(H4,11,12,13). The van der Waals surface area contributed by atoms with Gasteiger partial charge in [-0.1, -0.05) is 17.7 Å². The number of benzene rings is 1. The Hall–Kier alpha value is -1.42. The predicted molar refractivity (Wildman–Crippen MR) is 58.3 cm³/mol. The molecule has 14 heavy (non-hydrogen) atoms. The van der Waals surface area contributed by atoms with E-state index < -0.39 is 0 Å². The van der Waals surface area contributed by atoms with Crippen LogP contribution < -0.4 is 16.5 Å². The fraction of sp³-hybridized carbons (Fsp3) is 0.222. The second kappa shape index (κ2) is 3.38. The van der Waals surface area contributed by atoms with Crippen LogP contribution in [0.25, 0.3) is 0 Å². The molecule has 0 atom stereocenters. The number of halogens is 1. The van der Waals surface area contributed by atoms with E-state index >= 15 is 0 Å². The zero-order valence-electron chi connectivity index (χ0n) is 7.57. The Labute approximate surface area is 87.1 Å². The Bertz CT molecular complexity index is 384. The van der Waals surface area contributed by atoms with E-state index in [4.69, 9.17) is 23.1 Å². The molecule has 0 saturated heterocycles. The van der Waals surface area contributed by atoms with Gasteiger partial charge in [-0.15, -0.1) is 5.10 Å². The van der Waals surface area contributed by atoms with Crippen LogP contribution >= 0.6 is 11.6 Å². The number of hydrogen-bond acceptors (Lipinski definition) is 2. The van der Waals surface area contributed by atoms with Gasteiger partial charge in [-0.05, 0) is 24.1 Å². The summed E-state index contributed by atoms with van der Waals surface area (Å²) in [6.45, 7) is 0.799. The van der Waals surface area contributed by atoms with Crippen molar-refractivity contribution in [3.8, 4) is 0 Å². The van der Waals surface area contributed by atoms with Gasteiger partial charge in [0.2, 0.25) is 5.96 Å². The molecule has 0 fully saturated rings. The second-order valence-corrected chi connectivity index (χ2v) is 3.61. The molecule has 4 nitrogen and oxygen atoms in total. The van der Waals surface area contributed by atoms with Gasteiger partial charge < -0.3 is 11.5 Å². The largest absolute Gasteiger partial charge is 0.369 e. The molecule has 0 spiro atoms. The van der Waals surface area contributed by atoms with Gasteiger partial charge in [0.25, 0.3) is 0 Å². The highest BCUT2D eigenvalue weighted by molar-refractivity contribution is 6.30. The van der Waals surface area contributed by atoms with Crippen LogP contribution in [0.1, 0.15) is 5.56 Å². The molecule has 0 unspecified atom stereocenters. The van der Waals surface area contributed by atoms with Crippen LogP contribution in [0.2, 0.25) is 5.02 Å². The summed E-state index contributed by atoms with van der Waals surface area (Å²) >= 11 is 5.89. The highest BCUT2D eigenvalue weighted by Crippen LogP contribution is 2.30. The molecule has 0 aromatic heterocycles. The van der Waals surface area contributed by atoms with Crippen molar-refractivity contribution in [2.75, 3.05) is 11.6 Å². The maximum atomic E-state index is 5.89. The summed E-state index contributed by atoms with van der Waals surface area (Å²) in [7, 11) is 0. The molecule has 1 aliphatic heterocycles. The van der Waals surface area contributed by atoms with E-state index in [1.165, 1.54) is 5.56 Å². The van der Waals surface area contributed by atoms with Gasteiger partial charge in [-0.25, -0.2) is 0 Å². The Morgan fingerprint density at radius 1 is 1.43 bits per heavy atom. The predicted octanol–water partition coefficient (Wildman–Crippen LogP) is 0.891. The van der Waals surface area contributed by atoms with Crippen LogP contribution in [0, 0.1) is 0 Å². The van der Waals surface area contributed by atoms with Gasteiger partial charge in [-0.2, -0.15) is 0 Å². The van der Waals surface area contributed by atoms with Crippen LogP contribution in [0.15, 0.2) is 23.3 Å². The molecule has 2 rings (SSSR count). The van der Waals surface area contributed by atoms with E-state index in [2.05, 4.69) is 5.10 Å². The van der Waals surface area contributed by atoms with Crippen LogP contribution in [0.5, 0.6) is 0 Å². The van der Waals surface area contributed by atoms with E-state index in [0.717, 1.165) is 18.7 Å². The zero-order valence-corrected chi connectivity index (χ0v) is 8.33. The van der Waals surface area contributed by atoms with Crippen molar-refractivity contribution < 1.29 is 0 Å². The van der Waals surface area contributed by atoms with Crippen LogP contribution in [0.3, 0.4) is 0 Å². The average molecular weight is 211 g/mol. The Morgan fingerprint density at radius 2 is 2.21 bits per heavy atom. The summed E-state index contributed by atoms with van der Waals surface area (Å²) < 4.78 is 0. The summed E-state index contributed by atoms with van der Waals surface area (Å²) in [5, 5.41) is 6.48. The SMILES string of the molecule is NC(N)=NN1CCc2ccc(Cl)cc21. The lowest BCUT2D eigenvalue weighted by Gasteiger charge is -2.12. The monoisotopic (exact) mass is 210 g/mol. The van der Waals surface area contributed by atoms with Crippen LogP contribution in [0.4, 0.5) is 5.69 Å². The lowest BCUT2D eigenvalue weighted by molar-refractivity contribution is 0.888. The van der Waals surface area contributed by atoms with Crippen molar-refractivity contribution in [3.63, 3.8) is 0 Å². The summed E-state index contributed by atoms with van der Waals surface area (Å²) in [5.41, 5.74) is 12.9. The molecule has 4 N–H and O–H groups in total. The molecule has 0 aliphatic carbocycles. The quantitative estimate of drug-likeness (QED) is 0.535. The minimum absolute atomic E-state index is 0.0674. The fourth-order valence-corrected chi connectivity index (χ4v) is 1.75. The normalized spacial score (nSPS) is 13.9. The number of hydrogen-bond donors (Lipinski definition) is 2. The molecule has 5 heteroatoms. The van der Waals surface area contributed by atoms with Crippen molar-refractivity contribution in [1.82, 2.24) is 0 Å². The van der Waals surface area contributed by atoms with Crippen molar-refractivity contribution in [3.05, 3.63) is 28.8 Å². The van der Waals surface area contributed by atoms with Crippen molar-refractivity contribution in [1.29, 1.82) is 0 Å². The summed E-state index contributed by atoms with van der Waals surface area (Å²) in [5.74, 6) is 0.0674. The lowest BCUT2D eigenvalue weighted by Crippen LogP contribution is -2.28. The van der Waals surface area contributed by atoms with Gasteiger partial charge in [0.05, 0.1) is 5.69 Å². The minimum Gasteiger partial charge on any atom is -0.369 e. The summed E-state index contributed by atoms with van der Waals surface area (Å²) in [6.07, 6.45) is 0.948. The number of guanidine groups is 1. The Kier molecular flexibility index (Phi) is 2.21. The second-order valence-electron chi connectivity index (χ2n) is 3.17. The van der Waals surface area contributed by atoms with Crippen LogP contribution in [-0.2, 0) is 6.42 Å².